The van der Waals surface area contributed by atoms with Gasteiger partial charge in [0.1, 0.15) is 0 Å². The molecule has 142 valence electrons. The van der Waals surface area contributed by atoms with Crippen LogP contribution in [0.2, 0.25) is 0 Å². The molecule has 1 aliphatic rings. The van der Waals surface area contributed by atoms with Crippen molar-refractivity contribution in [2.45, 2.75) is 32.8 Å². The zero-order valence-corrected chi connectivity index (χ0v) is 16.8. The number of aryl methyl sites for hydroxylation is 2. The molecule has 0 saturated carbocycles. The van der Waals surface area contributed by atoms with Crippen LogP contribution in [-0.4, -0.2) is 30.1 Å². The second-order valence-corrected chi connectivity index (χ2v) is 8.14. The van der Waals surface area contributed by atoms with Crippen LogP contribution in [0.25, 0.3) is 10.2 Å². The number of anilines is 1. The average molecular weight is 391 g/mol. The van der Waals surface area contributed by atoms with Gasteiger partial charge in [0.05, 0.1) is 34.5 Å². The lowest BCUT2D eigenvalue weighted by Gasteiger charge is -2.23. The van der Waals surface area contributed by atoms with Gasteiger partial charge in [-0.05, 0) is 68.1 Å². The normalized spacial score (nSPS) is 16.2. The maximum absolute atomic E-state index is 13.3. The fourth-order valence-corrected chi connectivity index (χ4v) is 4.59. The molecule has 6 heteroatoms. The van der Waals surface area contributed by atoms with Crippen LogP contribution in [0.5, 0.6) is 0 Å². The molecular weight excluding hydrogens is 370 g/mol. The summed E-state index contributed by atoms with van der Waals surface area (Å²) < 4.78 is 6.89. The summed E-state index contributed by atoms with van der Waals surface area (Å²) in [6, 6.07) is 13.0. The Morgan fingerprint density at radius 3 is 2.79 bits per heavy atom. The van der Waals surface area contributed by atoms with Crippen LogP contribution >= 0.6 is 11.3 Å². The van der Waals surface area contributed by atoms with Gasteiger partial charge in [0.15, 0.2) is 5.13 Å². The number of hydrogen-bond donors (Lipinski definition) is 0. The smallest absolute Gasteiger partial charge is 0.260 e. The second-order valence-electron chi connectivity index (χ2n) is 7.17. The first-order chi connectivity index (χ1) is 13.5. The number of amides is 1. The van der Waals surface area contributed by atoms with Crippen molar-refractivity contribution in [2.24, 2.45) is 0 Å². The fourth-order valence-electron chi connectivity index (χ4n) is 3.56. The number of aromatic nitrogens is 1. The number of carbonyl (C=O) groups is 1. The Labute approximate surface area is 168 Å². The Morgan fingerprint density at radius 2 is 2.11 bits per heavy atom. The average Bonchev–Trinajstić information content (AvgIpc) is 3.35. The minimum absolute atomic E-state index is 0.0252. The third-order valence-corrected chi connectivity index (χ3v) is 6.19. The van der Waals surface area contributed by atoms with E-state index in [-0.39, 0.29) is 12.0 Å². The lowest BCUT2D eigenvalue weighted by Crippen LogP contribution is -2.37. The minimum atomic E-state index is -0.117. The lowest BCUT2D eigenvalue weighted by atomic mass is 10.1. The molecule has 0 bridgehead atoms. The van der Waals surface area contributed by atoms with Crippen LogP contribution in [0.4, 0.5) is 5.13 Å². The standard InChI is InChI=1S/C22H21N3O2S/c1-14-10-15(2)20-19(11-14)24-22(28-20)25(13-18-4-3-9-27-18)21(26)17-7-5-16(12-23)6-8-17/h5-8,10-11,18H,3-4,9,13H2,1-2H3. The number of fused-ring (bicyclic) bond motifs is 1. The maximum atomic E-state index is 13.3. The van der Waals surface area contributed by atoms with Gasteiger partial charge in [-0.15, -0.1) is 0 Å². The molecule has 0 N–H and O–H groups in total. The quantitative estimate of drug-likeness (QED) is 0.651. The summed E-state index contributed by atoms with van der Waals surface area (Å²) in [6.07, 6.45) is 1.99. The Kier molecular flexibility index (Phi) is 5.12. The van der Waals surface area contributed by atoms with Crippen LogP contribution in [0, 0.1) is 25.2 Å². The van der Waals surface area contributed by atoms with Crippen molar-refractivity contribution >= 4 is 32.6 Å². The van der Waals surface area contributed by atoms with Crippen molar-refractivity contribution in [1.29, 1.82) is 5.26 Å². The van der Waals surface area contributed by atoms with Gasteiger partial charge in [-0.1, -0.05) is 17.4 Å². The number of carbonyl (C=O) groups excluding carboxylic acids is 1. The molecular formula is C22H21N3O2S. The predicted molar refractivity (Wildman–Crippen MR) is 111 cm³/mol. The summed E-state index contributed by atoms with van der Waals surface area (Å²) in [5, 5.41) is 9.69. The molecule has 2 aromatic carbocycles. The summed E-state index contributed by atoms with van der Waals surface area (Å²) in [5.41, 5.74) is 4.33. The summed E-state index contributed by atoms with van der Waals surface area (Å²) >= 11 is 1.54. The zero-order valence-electron chi connectivity index (χ0n) is 15.9. The molecule has 0 radical (unpaired) electrons. The highest BCUT2D eigenvalue weighted by Gasteiger charge is 2.27. The molecule has 1 unspecified atom stereocenters. The fraction of sp³-hybridized carbons (Fsp3) is 0.318. The van der Waals surface area contributed by atoms with E-state index in [1.165, 1.54) is 5.56 Å². The molecule has 1 aromatic heterocycles. The van der Waals surface area contributed by atoms with Gasteiger partial charge in [0, 0.05) is 12.2 Å². The number of nitriles is 1. The topological polar surface area (TPSA) is 66.2 Å². The van der Waals surface area contributed by atoms with Gasteiger partial charge in [0.2, 0.25) is 0 Å². The molecule has 1 fully saturated rings. The number of rotatable bonds is 4. The van der Waals surface area contributed by atoms with Crippen molar-refractivity contribution < 1.29 is 9.53 Å². The molecule has 0 spiro atoms. The van der Waals surface area contributed by atoms with E-state index in [0.717, 1.165) is 35.2 Å². The summed E-state index contributed by atoms with van der Waals surface area (Å²) in [5.74, 6) is -0.117. The van der Waals surface area contributed by atoms with Crippen molar-refractivity contribution in [2.75, 3.05) is 18.1 Å². The molecule has 1 atom stereocenters. The van der Waals surface area contributed by atoms with Gasteiger partial charge in [-0.25, -0.2) is 4.98 Å². The van der Waals surface area contributed by atoms with Crippen molar-refractivity contribution in [3.63, 3.8) is 0 Å². The van der Waals surface area contributed by atoms with Crippen LogP contribution in [0.1, 0.15) is 39.9 Å². The van der Waals surface area contributed by atoms with Gasteiger partial charge < -0.3 is 4.74 Å². The molecule has 28 heavy (non-hydrogen) atoms. The van der Waals surface area contributed by atoms with E-state index in [2.05, 4.69) is 32.0 Å². The molecule has 2 heterocycles. The first-order valence-corrected chi connectivity index (χ1v) is 10.2. The van der Waals surface area contributed by atoms with E-state index >= 15 is 0 Å². The Morgan fingerprint density at radius 1 is 1.32 bits per heavy atom. The first kappa shape index (κ1) is 18.6. The number of thiazole rings is 1. The Balaban J connectivity index is 1.73. The SMILES string of the molecule is Cc1cc(C)c2sc(N(CC3CCCO3)C(=O)c3ccc(C#N)cc3)nc2c1. The predicted octanol–water partition coefficient (Wildman–Crippen LogP) is 4.61. The van der Waals surface area contributed by atoms with E-state index in [0.29, 0.717) is 22.8 Å². The third-order valence-electron chi connectivity index (χ3n) is 4.96. The number of nitrogens with zero attached hydrogens (tertiary/aromatic N) is 3. The zero-order chi connectivity index (χ0) is 19.7. The van der Waals surface area contributed by atoms with Crippen LogP contribution in [0.3, 0.4) is 0 Å². The second kappa shape index (κ2) is 7.70. The molecule has 5 nitrogen and oxygen atoms in total. The number of benzene rings is 2. The maximum Gasteiger partial charge on any atom is 0.260 e. The molecule has 1 saturated heterocycles. The monoisotopic (exact) mass is 391 g/mol. The van der Waals surface area contributed by atoms with Gasteiger partial charge in [-0.2, -0.15) is 5.26 Å². The number of hydrogen-bond acceptors (Lipinski definition) is 5. The summed E-state index contributed by atoms with van der Waals surface area (Å²) in [4.78, 5) is 19.8. The van der Waals surface area contributed by atoms with Crippen LogP contribution in [0.15, 0.2) is 36.4 Å². The van der Waals surface area contributed by atoms with Gasteiger partial charge in [0.25, 0.3) is 5.91 Å². The summed E-state index contributed by atoms with van der Waals surface area (Å²) in [6.45, 7) is 5.35. The Bertz CT molecular complexity index is 1060. The molecule has 1 aliphatic heterocycles. The highest BCUT2D eigenvalue weighted by molar-refractivity contribution is 7.22. The van der Waals surface area contributed by atoms with Gasteiger partial charge in [-0.3, -0.25) is 9.69 Å². The molecule has 3 aromatic rings. The highest BCUT2D eigenvalue weighted by atomic mass is 32.1. The van der Waals surface area contributed by atoms with E-state index in [9.17, 15) is 4.79 Å². The molecule has 0 aliphatic carbocycles. The number of ether oxygens (including phenoxy) is 1. The van der Waals surface area contributed by atoms with Crippen LogP contribution < -0.4 is 4.90 Å². The molecule has 1 amide bonds. The Hall–Kier alpha value is -2.75. The lowest BCUT2D eigenvalue weighted by molar-refractivity contribution is 0.0917. The molecule has 4 rings (SSSR count). The van der Waals surface area contributed by atoms with E-state index in [1.807, 2.05) is 0 Å². The van der Waals surface area contributed by atoms with E-state index < -0.39 is 0 Å². The highest BCUT2D eigenvalue weighted by Crippen LogP contribution is 2.33. The first-order valence-electron chi connectivity index (χ1n) is 9.36. The van der Waals surface area contributed by atoms with Crippen molar-refractivity contribution in [3.8, 4) is 6.07 Å². The van der Waals surface area contributed by atoms with Crippen molar-refractivity contribution in [3.05, 3.63) is 58.7 Å². The third kappa shape index (κ3) is 3.64. The largest absolute Gasteiger partial charge is 0.376 e. The van der Waals surface area contributed by atoms with E-state index in [4.69, 9.17) is 15.0 Å². The minimum Gasteiger partial charge on any atom is -0.376 e. The van der Waals surface area contributed by atoms with Crippen LogP contribution in [-0.2, 0) is 4.74 Å². The van der Waals surface area contributed by atoms with Gasteiger partial charge >= 0.3 is 0 Å². The van der Waals surface area contributed by atoms with E-state index in [1.54, 1.807) is 40.5 Å². The van der Waals surface area contributed by atoms with Crippen molar-refractivity contribution in [1.82, 2.24) is 4.98 Å². The summed E-state index contributed by atoms with van der Waals surface area (Å²) in [7, 11) is 0.